The molecule has 1 aliphatic carbocycles. The Morgan fingerprint density at radius 3 is 2.83 bits per heavy atom. The van der Waals surface area contributed by atoms with E-state index in [0.717, 1.165) is 6.04 Å². The van der Waals surface area contributed by atoms with E-state index in [-0.39, 0.29) is 0 Å². The summed E-state index contributed by atoms with van der Waals surface area (Å²) in [5.74, 6) is 0. The molecule has 0 aromatic rings. The molecule has 0 bridgehead atoms. The van der Waals surface area contributed by atoms with Gasteiger partial charge in [-0.15, -0.1) is 0 Å². The maximum absolute atomic E-state index is 3.43. The number of hydrogen-bond acceptors (Lipinski definition) is 2. The molecule has 2 fully saturated rings. The Bertz CT molecular complexity index is 163. The third-order valence-electron chi connectivity index (χ3n) is 3.33. The van der Waals surface area contributed by atoms with E-state index < -0.39 is 0 Å². The lowest BCUT2D eigenvalue weighted by Gasteiger charge is -2.35. The van der Waals surface area contributed by atoms with Gasteiger partial charge in [0.1, 0.15) is 0 Å². The second kappa shape index (κ2) is 3.00. The minimum Gasteiger partial charge on any atom is -0.314 e. The molecule has 12 heavy (non-hydrogen) atoms. The third-order valence-corrected chi connectivity index (χ3v) is 3.33. The number of rotatable bonds is 2. The van der Waals surface area contributed by atoms with Gasteiger partial charge in [-0.1, -0.05) is 6.92 Å². The van der Waals surface area contributed by atoms with Crippen molar-refractivity contribution >= 4 is 0 Å². The fourth-order valence-corrected chi connectivity index (χ4v) is 1.98. The van der Waals surface area contributed by atoms with E-state index in [1.54, 1.807) is 0 Å². The topological polar surface area (TPSA) is 15.3 Å². The van der Waals surface area contributed by atoms with Crippen LogP contribution in [0.4, 0.5) is 0 Å². The lowest BCUT2D eigenvalue weighted by atomic mass is 10.1. The molecule has 2 heteroatoms. The van der Waals surface area contributed by atoms with Crippen molar-refractivity contribution in [1.29, 1.82) is 0 Å². The first kappa shape index (κ1) is 8.52. The number of piperazine rings is 1. The molecule has 1 N–H and O–H groups in total. The number of hydrogen-bond donors (Lipinski definition) is 1. The van der Waals surface area contributed by atoms with Gasteiger partial charge in [0.15, 0.2) is 0 Å². The van der Waals surface area contributed by atoms with Crippen LogP contribution in [-0.2, 0) is 0 Å². The van der Waals surface area contributed by atoms with Crippen LogP contribution in [0, 0.1) is 5.41 Å². The summed E-state index contributed by atoms with van der Waals surface area (Å²) < 4.78 is 0. The molecule has 0 spiro atoms. The predicted molar refractivity (Wildman–Crippen MR) is 51.2 cm³/mol. The molecule has 2 aliphatic rings. The van der Waals surface area contributed by atoms with Crippen LogP contribution in [0.25, 0.3) is 0 Å². The average Bonchev–Trinajstić information content (AvgIpc) is 2.74. The zero-order valence-corrected chi connectivity index (χ0v) is 8.27. The van der Waals surface area contributed by atoms with E-state index in [0.29, 0.717) is 5.41 Å². The highest BCUT2D eigenvalue weighted by atomic mass is 15.2. The monoisotopic (exact) mass is 168 g/mol. The SMILES string of the molecule is CC1CNCCN1CC1(C)CC1. The summed E-state index contributed by atoms with van der Waals surface area (Å²) >= 11 is 0. The Labute approximate surface area is 75.3 Å². The van der Waals surface area contributed by atoms with Gasteiger partial charge in [-0.05, 0) is 25.2 Å². The summed E-state index contributed by atoms with van der Waals surface area (Å²) in [5.41, 5.74) is 0.686. The third kappa shape index (κ3) is 1.80. The smallest absolute Gasteiger partial charge is 0.0193 e. The van der Waals surface area contributed by atoms with Crippen molar-refractivity contribution in [3.05, 3.63) is 0 Å². The summed E-state index contributed by atoms with van der Waals surface area (Å²) in [6.45, 7) is 9.68. The Morgan fingerprint density at radius 1 is 1.50 bits per heavy atom. The van der Waals surface area contributed by atoms with E-state index in [1.807, 2.05) is 0 Å². The fraction of sp³-hybridized carbons (Fsp3) is 1.00. The Hall–Kier alpha value is -0.0800. The lowest BCUT2D eigenvalue weighted by Crippen LogP contribution is -2.51. The van der Waals surface area contributed by atoms with Gasteiger partial charge < -0.3 is 5.32 Å². The van der Waals surface area contributed by atoms with Gasteiger partial charge in [-0.25, -0.2) is 0 Å². The van der Waals surface area contributed by atoms with Crippen LogP contribution in [-0.4, -0.2) is 37.1 Å². The first-order valence-corrected chi connectivity index (χ1v) is 5.14. The van der Waals surface area contributed by atoms with Crippen LogP contribution in [0.3, 0.4) is 0 Å². The minimum absolute atomic E-state index is 0.686. The van der Waals surface area contributed by atoms with E-state index in [1.165, 1.54) is 39.0 Å². The largest absolute Gasteiger partial charge is 0.314 e. The molecule has 1 saturated heterocycles. The number of nitrogens with zero attached hydrogens (tertiary/aromatic N) is 1. The Balaban J connectivity index is 1.84. The normalized spacial score (nSPS) is 35.0. The van der Waals surface area contributed by atoms with Crippen molar-refractivity contribution in [2.45, 2.75) is 32.7 Å². The summed E-state index contributed by atoms with van der Waals surface area (Å²) in [7, 11) is 0. The average molecular weight is 168 g/mol. The van der Waals surface area contributed by atoms with Crippen molar-refractivity contribution in [1.82, 2.24) is 10.2 Å². The summed E-state index contributed by atoms with van der Waals surface area (Å²) in [6, 6.07) is 0.746. The van der Waals surface area contributed by atoms with Gasteiger partial charge >= 0.3 is 0 Å². The molecule has 2 rings (SSSR count). The van der Waals surface area contributed by atoms with Crippen LogP contribution >= 0.6 is 0 Å². The molecule has 1 aliphatic heterocycles. The molecule has 1 saturated carbocycles. The molecule has 2 nitrogen and oxygen atoms in total. The molecular weight excluding hydrogens is 148 g/mol. The van der Waals surface area contributed by atoms with Gasteiger partial charge in [-0.3, -0.25) is 4.90 Å². The zero-order valence-electron chi connectivity index (χ0n) is 8.27. The van der Waals surface area contributed by atoms with Crippen molar-refractivity contribution in [3.63, 3.8) is 0 Å². The molecule has 1 unspecified atom stereocenters. The molecule has 0 aromatic carbocycles. The maximum atomic E-state index is 3.43. The van der Waals surface area contributed by atoms with Crippen molar-refractivity contribution in [3.8, 4) is 0 Å². The highest BCUT2D eigenvalue weighted by molar-refractivity contribution is 4.93. The van der Waals surface area contributed by atoms with Crippen molar-refractivity contribution in [2.24, 2.45) is 5.41 Å². The highest BCUT2D eigenvalue weighted by Crippen LogP contribution is 2.45. The minimum atomic E-state index is 0.686. The van der Waals surface area contributed by atoms with E-state index in [9.17, 15) is 0 Å². The van der Waals surface area contributed by atoms with Gasteiger partial charge in [-0.2, -0.15) is 0 Å². The van der Waals surface area contributed by atoms with Gasteiger partial charge in [0, 0.05) is 32.2 Å². The predicted octanol–water partition coefficient (Wildman–Crippen LogP) is 1.08. The number of nitrogens with one attached hydrogen (secondary N) is 1. The second-order valence-electron chi connectivity index (χ2n) is 4.83. The molecule has 0 aromatic heterocycles. The van der Waals surface area contributed by atoms with Crippen LogP contribution in [0.5, 0.6) is 0 Å². The second-order valence-corrected chi connectivity index (χ2v) is 4.83. The van der Waals surface area contributed by atoms with Gasteiger partial charge in [0.05, 0.1) is 0 Å². The van der Waals surface area contributed by atoms with Crippen molar-refractivity contribution < 1.29 is 0 Å². The quantitative estimate of drug-likeness (QED) is 0.664. The molecule has 0 amide bonds. The molecule has 70 valence electrons. The molecule has 0 radical (unpaired) electrons. The van der Waals surface area contributed by atoms with Crippen LogP contribution in [0.15, 0.2) is 0 Å². The summed E-state index contributed by atoms with van der Waals surface area (Å²) in [6.07, 6.45) is 2.90. The lowest BCUT2D eigenvalue weighted by molar-refractivity contribution is 0.145. The Kier molecular flexibility index (Phi) is 2.13. The summed E-state index contributed by atoms with van der Waals surface area (Å²) in [5, 5.41) is 3.43. The van der Waals surface area contributed by atoms with E-state index in [4.69, 9.17) is 0 Å². The Morgan fingerprint density at radius 2 is 2.25 bits per heavy atom. The fourth-order valence-electron chi connectivity index (χ4n) is 1.98. The van der Waals surface area contributed by atoms with Crippen LogP contribution in [0.2, 0.25) is 0 Å². The van der Waals surface area contributed by atoms with Crippen molar-refractivity contribution in [2.75, 3.05) is 26.2 Å². The maximum Gasteiger partial charge on any atom is 0.0193 e. The molecule has 1 atom stereocenters. The van der Waals surface area contributed by atoms with E-state index >= 15 is 0 Å². The van der Waals surface area contributed by atoms with E-state index in [2.05, 4.69) is 24.1 Å². The van der Waals surface area contributed by atoms with Crippen LogP contribution in [0.1, 0.15) is 26.7 Å². The van der Waals surface area contributed by atoms with Crippen LogP contribution < -0.4 is 5.32 Å². The first-order valence-electron chi connectivity index (χ1n) is 5.14. The summed E-state index contributed by atoms with van der Waals surface area (Å²) in [4.78, 5) is 2.64. The standard InChI is InChI=1S/C10H20N2/c1-9-7-11-5-6-12(9)8-10(2)3-4-10/h9,11H,3-8H2,1-2H3. The zero-order chi connectivity index (χ0) is 8.60. The highest BCUT2D eigenvalue weighted by Gasteiger charge is 2.39. The van der Waals surface area contributed by atoms with Gasteiger partial charge in [0.2, 0.25) is 0 Å². The molecule has 1 heterocycles. The molecular formula is C10H20N2. The van der Waals surface area contributed by atoms with Gasteiger partial charge in [0.25, 0.3) is 0 Å². The first-order chi connectivity index (χ1) is 5.70.